The summed E-state index contributed by atoms with van der Waals surface area (Å²) in [5, 5.41) is 12.6. The molecule has 1 aliphatic heterocycles. The lowest BCUT2D eigenvalue weighted by molar-refractivity contribution is -0.0690. The minimum Gasteiger partial charge on any atom is -0.497 e. The SMILES string of the molecule is COc1ccc(C(O)(C2CCCCC2)C(CN2CCCC2)c2ccccc2)cc1.Cl. The second-order valence-corrected chi connectivity index (χ2v) is 8.86. The van der Waals surface area contributed by atoms with E-state index in [1.807, 2.05) is 12.1 Å². The standard InChI is InChI=1S/C26H35NO2.ClH/c1-29-24-16-14-23(15-17-24)26(28,22-12-6-3-7-13-22)25(20-27-18-8-9-19-27)21-10-4-2-5-11-21;/h2,4-5,10-11,14-17,22,25,28H,3,6-9,12-13,18-20H2,1H3;1H. The van der Waals surface area contributed by atoms with E-state index >= 15 is 0 Å². The van der Waals surface area contributed by atoms with E-state index < -0.39 is 5.60 Å². The van der Waals surface area contributed by atoms with Crippen molar-refractivity contribution in [1.82, 2.24) is 4.90 Å². The smallest absolute Gasteiger partial charge is 0.118 e. The molecule has 1 N–H and O–H groups in total. The summed E-state index contributed by atoms with van der Waals surface area (Å²) in [7, 11) is 1.70. The maximum absolute atomic E-state index is 12.6. The highest BCUT2D eigenvalue weighted by Crippen LogP contribution is 2.49. The second-order valence-electron chi connectivity index (χ2n) is 8.86. The van der Waals surface area contributed by atoms with Gasteiger partial charge in [0.1, 0.15) is 11.4 Å². The Bertz CT molecular complexity index is 754. The van der Waals surface area contributed by atoms with Crippen molar-refractivity contribution in [3.05, 3.63) is 65.7 Å². The minimum atomic E-state index is -0.864. The van der Waals surface area contributed by atoms with Crippen molar-refractivity contribution in [3.63, 3.8) is 0 Å². The normalized spacial score (nSPS) is 20.9. The van der Waals surface area contributed by atoms with Crippen LogP contribution in [0.4, 0.5) is 0 Å². The molecular formula is C26H36ClNO2. The summed E-state index contributed by atoms with van der Waals surface area (Å²) < 4.78 is 5.39. The lowest BCUT2D eigenvalue weighted by Crippen LogP contribution is -2.46. The fraction of sp³-hybridized carbons (Fsp3) is 0.538. The van der Waals surface area contributed by atoms with Crippen molar-refractivity contribution in [3.8, 4) is 5.75 Å². The third kappa shape index (κ3) is 4.85. The fourth-order valence-corrected chi connectivity index (χ4v) is 5.53. The van der Waals surface area contributed by atoms with E-state index in [1.165, 1.54) is 37.7 Å². The molecule has 1 heterocycles. The molecule has 0 radical (unpaired) electrons. The molecule has 3 nitrogen and oxygen atoms in total. The number of nitrogens with zero attached hydrogens (tertiary/aromatic N) is 1. The van der Waals surface area contributed by atoms with E-state index in [1.54, 1.807) is 7.11 Å². The number of hydrogen-bond donors (Lipinski definition) is 1. The lowest BCUT2D eigenvalue weighted by atomic mass is 9.65. The van der Waals surface area contributed by atoms with Crippen LogP contribution >= 0.6 is 12.4 Å². The molecular weight excluding hydrogens is 394 g/mol. The predicted octanol–water partition coefficient (Wildman–Crippen LogP) is 5.76. The summed E-state index contributed by atoms with van der Waals surface area (Å²) in [6.45, 7) is 3.21. The zero-order chi connectivity index (χ0) is 20.1. The molecule has 164 valence electrons. The van der Waals surface area contributed by atoms with Crippen LogP contribution in [0.3, 0.4) is 0 Å². The van der Waals surface area contributed by atoms with E-state index in [2.05, 4.69) is 47.4 Å². The first-order valence-corrected chi connectivity index (χ1v) is 11.4. The highest BCUT2D eigenvalue weighted by Gasteiger charge is 2.46. The topological polar surface area (TPSA) is 32.7 Å². The largest absolute Gasteiger partial charge is 0.497 e. The summed E-state index contributed by atoms with van der Waals surface area (Å²) in [6, 6.07) is 18.9. The molecule has 1 saturated carbocycles. The van der Waals surface area contributed by atoms with Gasteiger partial charge in [0.15, 0.2) is 0 Å². The molecule has 4 heteroatoms. The number of benzene rings is 2. The maximum Gasteiger partial charge on any atom is 0.118 e. The Morgan fingerprint density at radius 1 is 0.933 bits per heavy atom. The number of likely N-dealkylation sites (tertiary alicyclic amines) is 1. The Hall–Kier alpha value is -1.55. The molecule has 1 saturated heterocycles. The first kappa shape index (κ1) is 23.1. The van der Waals surface area contributed by atoms with Gasteiger partial charge in [-0.1, -0.05) is 61.7 Å². The van der Waals surface area contributed by atoms with Gasteiger partial charge in [-0.3, -0.25) is 0 Å². The molecule has 0 amide bonds. The van der Waals surface area contributed by atoms with E-state index in [9.17, 15) is 5.11 Å². The summed E-state index contributed by atoms with van der Waals surface area (Å²) in [5.41, 5.74) is 1.43. The van der Waals surface area contributed by atoms with E-state index in [4.69, 9.17) is 4.74 Å². The van der Waals surface area contributed by atoms with Gasteiger partial charge in [0.25, 0.3) is 0 Å². The average Bonchev–Trinajstić information content (AvgIpc) is 3.32. The van der Waals surface area contributed by atoms with Gasteiger partial charge in [-0.25, -0.2) is 0 Å². The fourth-order valence-electron chi connectivity index (χ4n) is 5.53. The van der Waals surface area contributed by atoms with Crippen LogP contribution in [-0.2, 0) is 5.60 Å². The van der Waals surface area contributed by atoms with Crippen molar-refractivity contribution in [2.24, 2.45) is 5.92 Å². The summed E-state index contributed by atoms with van der Waals surface area (Å²) in [6.07, 6.45) is 8.47. The Kier molecular flexibility index (Phi) is 8.21. The Morgan fingerprint density at radius 2 is 1.57 bits per heavy atom. The van der Waals surface area contributed by atoms with Crippen LogP contribution in [0.25, 0.3) is 0 Å². The highest BCUT2D eigenvalue weighted by molar-refractivity contribution is 5.85. The third-order valence-electron chi connectivity index (χ3n) is 7.15. The zero-order valence-electron chi connectivity index (χ0n) is 18.1. The van der Waals surface area contributed by atoms with Crippen LogP contribution in [0.2, 0.25) is 0 Å². The summed E-state index contributed by atoms with van der Waals surface area (Å²) >= 11 is 0. The van der Waals surface area contributed by atoms with Crippen molar-refractivity contribution < 1.29 is 9.84 Å². The number of aliphatic hydroxyl groups is 1. The van der Waals surface area contributed by atoms with Gasteiger partial charge in [0.2, 0.25) is 0 Å². The molecule has 2 aromatic carbocycles. The maximum atomic E-state index is 12.6. The van der Waals surface area contributed by atoms with Crippen molar-refractivity contribution in [2.75, 3.05) is 26.7 Å². The quantitative estimate of drug-likeness (QED) is 0.606. The Balaban J connectivity index is 0.00000256. The molecule has 4 rings (SSSR count). The molecule has 2 fully saturated rings. The van der Waals surface area contributed by atoms with Gasteiger partial charge in [0, 0.05) is 12.5 Å². The van der Waals surface area contributed by atoms with Crippen LogP contribution in [0.15, 0.2) is 54.6 Å². The van der Waals surface area contributed by atoms with Crippen LogP contribution < -0.4 is 4.74 Å². The monoisotopic (exact) mass is 429 g/mol. The molecule has 0 aromatic heterocycles. The number of hydrogen-bond acceptors (Lipinski definition) is 3. The first-order valence-electron chi connectivity index (χ1n) is 11.4. The predicted molar refractivity (Wildman–Crippen MR) is 126 cm³/mol. The Labute approximate surface area is 187 Å². The average molecular weight is 430 g/mol. The molecule has 2 atom stereocenters. The highest BCUT2D eigenvalue weighted by atomic mass is 35.5. The summed E-state index contributed by atoms with van der Waals surface area (Å²) in [4.78, 5) is 2.55. The van der Waals surface area contributed by atoms with Gasteiger partial charge in [-0.05, 0) is 68.0 Å². The minimum absolute atomic E-state index is 0. The Morgan fingerprint density at radius 3 is 2.17 bits per heavy atom. The molecule has 1 aliphatic carbocycles. The number of ether oxygens (including phenoxy) is 1. The lowest BCUT2D eigenvalue weighted by Gasteiger charge is -2.46. The van der Waals surface area contributed by atoms with Gasteiger partial charge in [-0.2, -0.15) is 0 Å². The molecule has 0 bridgehead atoms. The molecule has 2 unspecified atom stereocenters. The van der Waals surface area contributed by atoms with E-state index in [0.717, 1.165) is 43.8 Å². The number of methoxy groups -OCH3 is 1. The molecule has 2 aromatic rings. The third-order valence-corrected chi connectivity index (χ3v) is 7.15. The van der Waals surface area contributed by atoms with E-state index in [-0.39, 0.29) is 24.2 Å². The van der Waals surface area contributed by atoms with Crippen molar-refractivity contribution in [1.29, 1.82) is 0 Å². The van der Waals surface area contributed by atoms with Crippen molar-refractivity contribution >= 4 is 12.4 Å². The number of rotatable bonds is 7. The molecule has 2 aliphatic rings. The summed E-state index contributed by atoms with van der Waals surface area (Å²) in [5.74, 6) is 1.20. The molecule has 0 spiro atoms. The van der Waals surface area contributed by atoms with Crippen LogP contribution in [0.5, 0.6) is 5.75 Å². The zero-order valence-corrected chi connectivity index (χ0v) is 18.9. The van der Waals surface area contributed by atoms with Crippen LogP contribution in [0, 0.1) is 5.92 Å². The first-order chi connectivity index (χ1) is 14.2. The van der Waals surface area contributed by atoms with Gasteiger partial charge >= 0.3 is 0 Å². The van der Waals surface area contributed by atoms with Gasteiger partial charge in [-0.15, -0.1) is 12.4 Å². The van der Waals surface area contributed by atoms with Gasteiger partial charge in [0.05, 0.1) is 7.11 Å². The van der Waals surface area contributed by atoms with Crippen molar-refractivity contribution in [2.45, 2.75) is 56.5 Å². The van der Waals surface area contributed by atoms with Crippen LogP contribution in [0.1, 0.15) is 62.0 Å². The van der Waals surface area contributed by atoms with Gasteiger partial charge < -0.3 is 14.7 Å². The number of halogens is 1. The van der Waals surface area contributed by atoms with E-state index in [0.29, 0.717) is 0 Å². The molecule has 30 heavy (non-hydrogen) atoms. The van der Waals surface area contributed by atoms with Crippen LogP contribution in [-0.4, -0.2) is 36.8 Å². The second kappa shape index (κ2) is 10.7.